The molecule has 0 radical (unpaired) electrons. The molecule has 0 atom stereocenters. The molecule has 0 bridgehead atoms. The van der Waals surface area contributed by atoms with Gasteiger partial charge in [0.1, 0.15) is 28.5 Å². The van der Waals surface area contributed by atoms with Gasteiger partial charge in [-0.1, -0.05) is 0 Å². The van der Waals surface area contributed by atoms with Crippen LogP contribution in [0.5, 0.6) is 17.2 Å². The SMILES string of the molecule is COc1cc(-c2c(C#N)c(N)nc(SCCCCS(N)(=O)=O)c2C#N)cc(O)c1OC. The normalized spacial score (nSPS) is 10.9. The van der Waals surface area contributed by atoms with Gasteiger partial charge in [0.15, 0.2) is 11.5 Å². The Kier molecular flexibility index (Phi) is 7.94. The Hall–Kier alpha value is -3.19. The molecule has 31 heavy (non-hydrogen) atoms. The van der Waals surface area contributed by atoms with Crippen molar-refractivity contribution in [3.05, 3.63) is 23.3 Å². The molecule has 164 valence electrons. The van der Waals surface area contributed by atoms with Crippen LogP contribution in [-0.4, -0.2) is 44.2 Å². The highest BCUT2D eigenvalue weighted by Crippen LogP contribution is 2.43. The fourth-order valence-electron chi connectivity index (χ4n) is 2.85. The topological polar surface area (TPSA) is 185 Å². The Morgan fingerprint density at radius 3 is 2.39 bits per heavy atom. The van der Waals surface area contributed by atoms with E-state index in [-0.39, 0.29) is 45.5 Å². The van der Waals surface area contributed by atoms with Crippen LogP contribution in [0, 0.1) is 22.7 Å². The van der Waals surface area contributed by atoms with Crippen molar-refractivity contribution in [3.8, 4) is 40.5 Å². The molecule has 2 aromatic rings. The number of nitrogen functional groups attached to an aromatic ring is 1. The molecule has 0 spiro atoms. The Labute approximate surface area is 184 Å². The molecule has 0 fully saturated rings. The second kappa shape index (κ2) is 10.2. The van der Waals surface area contributed by atoms with Gasteiger partial charge in [-0.3, -0.25) is 0 Å². The van der Waals surface area contributed by atoms with Crippen molar-refractivity contribution < 1.29 is 23.0 Å². The number of unbranched alkanes of at least 4 members (excludes halogenated alkanes) is 1. The number of pyridine rings is 1. The molecular weight excluding hydrogens is 442 g/mol. The van der Waals surface area contributed by atoms with E-state index in [9.17, 15) is 24.0 Å². The average molecular weight is 464 g/mol. The number of primary sulfonamides is 1. The lowest BCUT2D eigenvalue weighted by Crippen LogP contribution is -2.16. The molecule has 10 nitrogen and oxygen atoms in total. The number of ether oxygens (including phenoxy) is 2. The minimum atomic E-state index is -3.54. The van der Waals surface area contributed by atoms with Crippen LogP contribution in [0.3, 0.4) is 0 Å². The van der Waals surface area contributed by atoms with E-state index in [0.717, 1.165) is 0 Å². The Bertz CT molecular complexity index is 1170. The van der Waals surface area contributed by atoms with Gasteiger partial charge in [0.05, 0.1) is 25.5 Å². The number of aromatic nitrogens is 1. The molecule has 5 N–H and O–H groups in total. The molecule has 0 aliphatic heterocycles. The number of thioether (sulfide) groups is 1. The number of nitrogens with two attached hydrogens (primary N) is 2. The van der Waals surface area contributed by atoms with Gasteiger partial charge in [0.25, 0.3) is 0 Å². The number of rotatable bonds is 9. The van der Waals surface area contributed by atoms with Crippen LogP contribution in [0.2, 0.25) is 0 Å². The lowest BCUT2D eigenvalue weighted by atomic mass is 9.96. The Morgan fingerprint density at radius 2 is 1.84 bits per heavy atom. The van der Waals surface area contributed by atoms with Crippen molar-refractivity contribution in [2.75, 3.05) is 31.5 Å². The zero-order valence-corrected chi connectivity index (χ0v) is 18.5. The fourth-order valence-corrected chi connectivity index (χ4v) is 4.46. The first-order valence-corrected chi connectivity index (χ1v) is 11.6. The zero-order chi connectivity index (χ0) is 23.2. The van der Waals surface area contributed by atoms with Gasteiger partial charge in [-0.15, -0.1) is 11.8 Å². The number of methoxy groups -OCH3 is 2. The van der Waals surface area contributed by atoms with E-state index in [2.05, 4.69) is 11.1 Å². The van der Waals surface area contributed by atoms with Gasteiger partial charge in [-0.05, 0) is 36.3 Å². The highest BCUT2D eigenvalue weighted by atomic mass is 32.2. The van der Waals surface area contributed by atoms with E-state index in [4.69, 9.17) is 20.3 Å². The van der Waals surface area contributed by atoms with E-state index in [0.29, 0.717) is 29.2 Å². The quantitative estimate of drug-likeness (QED) is 0.366. The summed E-state index contributed by atoms with van der Waals surface area (Å²) in [6.45, 7) is 0. The number of hydrogen-bond donors (Lipinski definition) is 3. The number of nitriles is 2. The van der Waals surface area contributed by atoms with Gasteiger partial charge in [-0.25, -0.2) is 18.5 Å². The maximum absolute atomic E-state index is 11.0. The summed E-state index contributed by atoms with van der Waals surface area (Å²) in [6.07, 6.45) is 0.871. The third-order valence-electron chi connectivity index (χ3n) is 4.23. The van der Waals surface area contributed by atoms with Crippen LogP contribution in [0.1, 0.15) is 24.0 Å². The zero-order valence-electron chi connectivity index (χ0n) is 16.9. The number of anilines is 1. The van der Waals surface area contributed by atoms with Crippen LogP contribution in [0.4, 0.5) is 5.82 Å². The molecule has 0 saturated carbocycles. The predicted octanol–water partition coefficient (Wildman–Crippen LogP) is 1.96. The van der Waals surface area contributed by atoms with Crippen molar-refractivity contribution in [2.45, 2.75) is 17.9 Å². The lowest BCUT2D eigenvalue weighted by molar-refractivity contribution is 0.333. The molecule has 0 saturated heterocycles. The van der Waals surface area contributed by atoms with Gasteiger partial charge in [0, 0.05) is 5.56 Å². The first-order valence-electron chi connectivity index (χ1n) is 8.89. The highest BCUT2D eigenvalue weighted by molar-refractivity contribution is 7.99. The van der Waals surface area contributed by atoms with Crippen molar-refractivity contribution in [2.24, 2.45) is 5.14 Å². The summed E-state index contributed by atoms with van der Waals surface area (Å²) < 4.78 is 32.4. The minimum Gasteiger partial charge on any atom is -0.504 e. The maximum atomic E-state index is 11.0. The smallest absolute Gasteiger partial charge is 0.209 e. The molecular formula is C19H21N5O5S2. The Morgan fingerprint density at radius 1 is 1.16 bits per heavy atom. The number of nitrogens with zero attached hydrogens (tertiary/aromatic N) is 3. The largest absolute Gasteiger partial charge is 0.504 e. The van der Waals surface area contributed by atoms with Crippen molar-refractivity contribution in [3.63, 3.8) is 0 Å². The van der Waals surface area contributed by atoms with Crippen molar-refractivity contribution >= 4 is 27.6 Å². The predicted molar refractivity (Wildman–Crippen MR) is 116 cm³/mol. The second-order valence-electron chi connectivity index (χ2n) is 6.30. The van der Waals surface area contributed by atoms with Crippen LogP contribution in [-0.2, 0) is 10.0 Å². The summed E-state index contributed by atoms with van der Waals surface area (Å²) in [4.78, 5) is 4.18. The summed E-state index contributed by atoms with van der Waals surface area (Å²) in [5.74, 6) is 0.319. The Balaban J connectivity index is 2.52. The molecule has 0 unspecified atom stereocenters. The first kappa shape index (κ1) is 24.1. The summed E-state index contributed by atoms with van der Waals surface area (Å²) in [6, 6.07) is 6.89. The summed E-state index contributed by atoms with van der Waals surface area (Å²) in [7, 11) is -0.777. The average Bonchev–Trinajstić information content (AvgIpc) is 2.71. The lowest BCUT2D eigenvalue weighted by Gasteiger charge is -2.16. The second-order valence-corrected chi connectivity index (χ2v) is 9.12. The maximum Gasteiger partial charge on any atom is 0.209 e. The minimum absolute atomic E-state index is 0.0123. The molecule has 1 aromatic carbocycles. The van der Waals surface area contributed by atoms with Crippen LogP contribution in [0.25, 0.3) is 11.1 Å². The molecule has 12 heteroatoms. The van der Waals surface area contributed by atoms with Gasteiger partial charge < -0.3 is 20.3 Å². The van der Waals surface area contributed by atoms with Gasteiger partial charge in [-0.2, -0.15) is 10.5 Å². The number of phenols is 1. The summed E-state index contributed by atoms with van der Waals surface area (Å²) in [5.41, 5.74) is 6.60. The number of aromatic hydroxyl groups is 1. The highest BCUT2D eigenvalue weighted by Gasteiger charge is 2.23. The van der Waals surface area contributed by atoms with E-state index < -0.39 is 10.0 Å². The number of benzene rings is 1. The molecule has 2 rings (SSSR count). The van der Waals surface area contributed by atoms with Crippen molar-refractivity contribution in [1.29, 1.82) is 10.5 Å². The number of sulfonamides is 1. The standard InChI is InChI=1S/C19H21N5O5S2/c1-28-15-8-11(7-14(25)17(15)29-2)16-12(9-20)18(22)24-19(13(16)10-21)30-5-3-4-6-31(23,26)27/h7-8,25H,3-6H2,1-2H3,(H2,22,24)(H2,23,26,27). The molecule has 1 heterocycles. The molecule has 0 aliphatic rings. The molecule has 1 aromatic heterocycles. The first-order chi connectivity index (χ1) is 14.7. The third-order valence-corrected chi connectivity index (χ3v) is 6.14. The number of phenolic OH excluding ortho intramolecular Hbond substituents is 1. The van der Waals surface area contributed by atoms with Crippen LogP contribution < -0.4 is 20.3 Å². The summed E-state index contributed by atoms with van der Waals surface area (Å²) in [5, 5.41) is 35.0. The number of hydrogen-bond acceptors (Lipinski definition) is 10. The van der Waals surface area contributed by atoms with Gasteiger partial charge >= 0.3 is 0 Å². The fraction of sp³-hybridized carbons (Fsp3) is 0.316. The van der Waals surface area contributed by atoms with E-state index in [1.165, 1.54) is 38.1 Å². The van der Waals surface area contributed by atoms with Crippen molar-refractivity contribution in [1.82, 2.24) is 4.98 Å². The summed E-state index contributed by atoms with van der Waals surface area (Å²) >= 11 is 1.21. The van der Waals surface area contributed by atoms with Crippen LogP contribution >= 0.6 is 11.8 Å². The van der Waals surface area contributed by atoms with E-state index in [1.54, 1.807) is 0 Å². The van der Waals surface area contributed by atoms with E-state index in [1.807, 2.05) is 6.07 Å². The monoisotopic (exact) mass is 463 g/mol. The molecule has 0 aliphatic carbocycles. The molecule has 0 amide bonds. The van der Waals surface area contributed by atoms with E-state index >= 15 is 0 Å². The van der Waals surface area contributed by atoms with Gasteiger partial charge in [0.2, 0.25) is 15.8 Å². The third kappa shape index (κ3) is 5.70. The van der Waals surface area contributed by atoms with Crippen LogP contribution in [0.15, 0.2) is 17.2 Å².